The summed E-state index contributed by atoms with van der Waals surface area (Å²) in [4.78, 5) is 2.12. The van der Waals surface area contributed by atoms with Gasteiger partial charge >= 0.3 is 6.18 Å². The van der Waals surface area contributed by atoms with Crippen LogP contribution in [0.4, 0.5) is 24.5 Å². The molecule has 2 aromatic rings. The van der Waals surface area contributed by atoms with Gasteiger partial charge in [-0.3, -0.25) is 0 Å². The van der Waals surface area contributed by atoms with E-state index < -0.39 is 11.7 Å². The van der Waals surface area contributed by atoms with E-state index in [-0.39, 0.29) is 6.04 Å². The lowest BCUT2D eigenvalue weighted by molar-refractivity contribution is -0.137. The zero-order valence-electron chi connectivity index (χ0n) is 14.0. The molecule has 0 atom stereocenters. The number of nitrogens with zero attached hydrogens (tertiary/aromatic N) is 1. The predicted octanol–water partition coefficient (Wildman–Crippen LogP) is 6.40. The average molecular weight is 333 g/mol. The van der Waals surface area contributed by atoms with E-state index in [0.29, 0.717) is 5.69 Å². The second-order valence-electron chi connectivity index (χ2n) is 6.65. The van der Waals surface area contributed by atoms with Gasteiger partial charge in [0.1, 0.15) is 0 Å². The third-order valence-corrected chi connectivity index (χ3v) is 4.77. The highest BCUT2D eigenvalue weighted by Gasteiger charge is 2.32. The van der Waals surface area contributed by atoms with Crippen LogP contribution in [0.1, 0.15) is 42.4 Å². The second-order valence-corrected chi connectivity index (χ2v) is 6.65. The van der Waals surface area contributed by atoms with Crippen molar-refractivity contribution in [3.63, 3.8) is 0 Å². The molecule has 1 nitrogen and oxygen atoms in total. The lowest BCUT2D eigenvalue weighted by atomic mass is 10.0. The fourth-order valence-electron chi connectivity index (χ4n) is 3.52. The number of benzene rings is 2. The maximum absolute atomic E-state index is 13.1. The van der Waals surface area contributed by atoms with Crippen molar-refractivity contribution in [1.29, 1.82) is 0 Å². The van der Waals surface area contributed by atoms with Gasteiger partial charge in [0, 0.05) is 17.4 Å². The molecule has 3 rings (SSSR count). The Bertz CT molecular complexity index is 715. The maximum atomic E-state index is 13.1. The van der Waals surface area contributed by atoms with E-state index in [1.165, 1.54) is 12.1 Å². The second kappa shape index (κ2) is 6.50. The summed E-state index contributed by atoms with van der Waals surface area (Å²) in [6.45, 7) is 4.03. The van der Waals surface area contributed by atoms with Gasteiger partial charge in [0.15, 0.2) is 0 Å². The number of alkyl halides is 3. The number of hydrogen-bond donors (Lipinski definition) is 0. The van der Waals surface area contributed by atoms with Gasteiger partial charge in [-0.25, -0.2) is 0 Å². The maximum Gasteiger partial charge on any atom is 0.416 e. The molecule has 24 heavy (non-hydrogen) atoms. The van der Waals surface area contributed by atoms with Gasteiger partial charge in [-0.2, -0.15) is 13.2 Å². The summed E-state index contributed by atoms with van der Waals surface area (Å²) in [5, 5.41) is 0. The van der Waals surface area contributed by atoms with Gasteiger partial charge in [0.05, 0.1) is 5.56 Å². The van der Waals surface area contributed by atoms with Crippen LogP contribution in [-0.2, 0) is 6.18 Å². The van der Waals surface area contributed by atoms with Crippen LogP contribution in [0.2, 0.25) is 0 Å². The SMILES string of the molecule is Cc1ccc(C)c(N(c2cccc(C(F)(F)F)c2)C2CCCC2)c1. The Labute approximate surface area is 141 Å². The van der Waals surface area contributed by atoms with E-state index in [1.807, 2.05) is 26.0 Å². The quantitative estimate of drug-likeness (QED) is 0.628. The van der Waals surface area contributed by atoms with Crippen molar-refractivity contribution in [2.24, 2.45) is 0 Å². The van der Waals surface area contributed by atoms with Crippen LogP contribution in [0.5, 0.6) is 0 Å². The van der Waals surface area contributed by atoms with E-state index in [2.05, 4.69) is 11.0 Å². The Hall–Kier alpha value is -1.97. The molecule has 128 valence electrons. The predicted molar refractivity (Wildman–Crippen MR) is 91.8 cm³/mol. The minimum Gasteiger partial charge on any atom is -0.338 e. The van der Waals surface area contributed by atoms with E-state index in [4.69, 9.17) is 0 Å². The molecule has 1 aliphatic carbocycles. The molecule has 4 heteroatoms. The van der Waals surface area contributed by atoms with Crippen molar-refractivity contribution in [3.8, 4) is 0 Å². The summed E-state index contributed by atoms with van der Waals surface area (Å²) in [5.74, 6) is 0. The molecule has 0 aromatic heterocycles. The van der Waals surface area contributed by atoms with Crippen LogP contribution in [0.25, 0.3) is 0 Å². The van der Waals surface area contributed by atoms with Crippen molar-refractivity contribution < 1.29 is 13.2 Å². The molecular formula is C20H22F3N. The smallest absolute Gasteiger partial charge is 0.338 e. The highest BCUT2D eigenvalue weighted by Crippen LogP contribution is 2.39. The van der Waals surface area contributed by atoms with Gasteiger partial charge in [-0.05, 0) is 62.1 Å². The molecule has 1 saturated carbocycles. The number of anilines is 2. The van der Waals surface area contributed by atoms with Crippen LogP contribution in [0.3, 0.4) is 0 Å². The van der Waals surface area contributed by atoms with Crippen molar-refractivity contribution in [1.82, 2.24) is 0 Å². The standard InChI is InChI=1S/C20H22F3N/c1-14-10-11-15(2)19(12-14)24(17-7-3-4-8-17)18-9-5-6-16(13-18)20(21,22)23/h5-6,9-13,17H,3-4,7-8H2,1-2H3. The number of hydrogen-bond acceptors (Lipinski definition) is 1. The first kappa shape index (κ1) is 16.9. The Morgan fingerprint density at radius 1 is 0.958 bits per heavy atom. The molecule has 0 N–H and O–H groups in total. The fourth-order valence-corrected chi connectivity index (χ4v) is 3.52. The summed E-state index contributed by atoms with van der Waals surface area (Å²) in [6.07, 6.45) is -0.0256. The minimum absolute atomic E-state index is 0.258. The zero-order chi connectivity index (χ0) is 17.3. The largest absolute Gasteiger partial charge is 0.416 e. The molecule has 0 saturated heterocycles. The van der Waals surface area contributed by atoms with E-state index in [9.17, 15) is 13.2 Å². The normalized spacial score (nSPS) is 15.7. The first-order valence-electron chi connectivity index (χ1n) is 8.40. The van der Waals surface area contributed by atoms with Crippen molar-refractivity contribution >= 4 is 11.4 Å². The van der Waals surface area contributed by atoms with Crippen LogP contribution in [0.15, 0.2) is 42.5 Å². The monoisotopic (exact) mass is 333 g/mol. The molecule has 0 spiro atoms. The fraction of sp³-hybridized carbons (Fsp3) is 0.400. The molecule has 1 fully saturated rings. The van der Waals surface area contributed by atoms with Crippen molar-refractivity contribution in [2.75, 3.05) is 4.90 Å². The van der Waals surface area contributed by atoms with Gasteiger partial charge in [-0.15, -0.1) is 0 Å². The van der Waals surface area contributed by atoms with Gasteiger partial charge in [0.2, 0.25) is 0 Å². The van der Waals surface area contributed by atoms with Gasteiger partial charge in [0.25, 0.3) is 0 Å². The van der Waals surface area contributed by atoms with Gasteiger partial charge in [-0.1, -0.05) is 31.0 Å². The summed E-state index contributed by atoms with van der Waals surface area (Å²) in [7, 11) is 0. The van der Waals surface area contributed by atoms with Crippen LogP contribution in [-0.4, -0.2) is 6.04 Å². The summed E-state index contributed by atoms with van der Waals surface area (Å²) < 4.78 is 39.4. The highest BCUT2D eigenvalue weighted by molar-refractivity contribution is 5.68. The first-order chi connectivity index (χ1) is 11.4. The summed E-state index contributed by atoms with van der Waals surface area (Å²) in [6, 6.07) is 12.1. The summed E-state index contributed by atoms with van der Waals surface area (Å²) in [5.41, 5.74) is 3.26. The molecule has 0 bridgehead atoms. The Kier molecular flexibility index (Phi) is 4.57. The zero-order valence-corrected chi connectivity index (χ0v) is 14.0. The lowest BCUT2D eigenvalue weighted by Crippen LogP contribution is -2.29. The minimum atomic E-state index is -4.32. The average Bonchev–Trinajstić information content (AvgIpc) is 3.05. The Morgan fingerprint density at radius 3 is 2.33 bits per heavy atom. The number of halogens is 3. The summed E-state index contributed by atoms with van der Waals surface area (Å²) >= 11 is 0. The topological polar surface area (TPSA) is 3.24 Å². The van der Waals surface area contributed by atoms with Gasteiger partial charge < -0.3 is 4.90 Å². The van der Waals surface area contributed by atoms with Crippen molar-refractivity contribution in [3.05, 3.63) is 59.2 Å². The highest BCUT2D eigenvalue weighted by atomic mass is 19.4. The number of aryl methyl sites for hydroxylation is 2. The Morgan fingerprint density at radius 2 is 1.67 bits per heavy atom. The van der Waals surface area contributed by atoms with Crippen LogP contribution < -0.4 is 4.90 Å². The molecule has 0 unspecified atom stereocenters. The first-order valence-corrected chi connectivity index (χ1v) is 8.40. The lowest BCUT2D eigenvalue weighted by Gasteiger charge is -2.33. The van der Waals surface area contributed by atoms with E-state index >= 15 is 0 Å². The van der Waals surface area contributed by atoms with Crippen LogP contribution >= 0.6 is 0 Å². The molecular weight excluding hydrogens is 311 g/mol. The third-order valence-electron chi connectivity index (χ3n) is 4.77. The number of rotatable bonds is 3. The van der Waals surface area contributed by atoms with Crippen LogP contribution in [0, 0.1) is 13.8 Å². The molecule has 0 amide bonds. The third kappa shape index (κ3) is 3.42. The molecule has 0 aliphatic heterocycles. The van der Waals surface area contributed by atoms with E-state index in [1.54, 1.807) is 6.07 Å². The Balaban J connectivity index is 2.10. The molecule has 0 heterocycles. The molecule has 1 aliphatic rings. The molecule has 0 radical (unpaired) electrons. The van der Waals surface area contributed by atoms with Crippen molar-refractivity contribution in [2.45, 2.75) is 51.7 Å². The van der Waals surface area contributed by atoms with E-state index in [0.717, 1.165) is 48.6 Å². The molecule has 2 aromatic carbocycles.